The number of urea groups is 1. The van der Waals surface area contributed by atoms with Crippen LogP contribution in [0.3, 0.4) is 0 Å². The molecule has 0 saturated carbocycles. The number of hydrogen-bond donors (Lipinski definition) is 2. The standard InChI is InChI=1S/C24H28N6O2S/c1-18(22(31)26-23(32)25-16-19-10-4-2-5-11-19)33-24-28-27-21(17-29-14-8-9-15-29)30(24)20-12-6-3-7-13-20/h2-7,10-13,18H,8-9,14-17H2,1H3,(H2,25,26,31,32). The van der Waals surface area contributed by atoms with Gasteiger partial charge in [0, 0.05) is 12.2 Å². The summed E-state index contributed by atoms with van der Waals surface area (Å²) < 4.78 is 2.00. The molecule has 1 fully saturated rings. The Morgan fingerprint density at radius 1 is 1.00 bits per heavy atom. The Bertz CT molecular complexity index is 1070. The predicted molar refractivity (Wildman–Crippen MR) is 128 cm³/mol. The third kappa shape index (κ3) is 6.21. The topological polar surface area (TPSA) is 92.2 Å². The van der Waals surface area contributed by atoms with Crippen molar-refractivity contribution in [3.63, 3.8) is 0 Å². The molecule has 9 heteroatoms. The van der Waals surface area contributed by atoms with Gasteiger partial charge in [-0.15, -0.1) is 10.2 Å². The first-order chi connectivity index (χ1) is 16.1. The van der Waals surface area contributed by atoms with Crippen LogP contribution in [0, 0.1) is 0 Å². The second-order valence-corrected chi connectivity index (χ2v) is 9.28. The minimum atomic E-state index is -0.529. The lowest BCUT2D eigenvalue weighted by molar-refractivity contribution is -0.119. The molecule has 3 aromatic rings. The van der Waals surface area contributed by atoms with Gasteiger partial charge < -0.3 is 5.32 Å². The summed E-state index contributed by atoms with van der Waals surface area (Å²) in [4.78, 5) is 27.2. The van der Waals surface area contributed by atoms with Gasteiger partial charge in [0.25, 0.3) is 0 Å². The van der Waals surface area contributed by atoms with E-state index in [0.717, 1.165) is 30.2 Å². The van der Waals surface area contributed by atoms with E-state index >= 15 is 0 Å². The highest BCUT2D eigenvalue weighted by molar-refractivity contribution is 8.00. The van der Waals surface area contributed by atoms with Gasteiger partial charge in [-0.3, -0.25) is 19.6 Å². The predicted octanol–water partition coefficient (Wildman–Crippen LogP) is 3.37. The van der Waals surface area contributed by atoms with Crippen LogP contribution in [0.4, 0.5) is 4.79 Å². The van der Waals surface area contributed by atoms with Crippen molar-refractivity contribution in [2.45, 2.75) is 43.3 Å². The number of imide groups is 1. The van der Waals surface area contributed by atoms with Crippen molar-refractivity contribution in [1.29, 1.82) is 0 Å². The zero-order valence-electron chi connectivity index (χ0n) is 18.6. The van der Waals surface area contributed by atoms with Crippen LogP contribution in [-0.4, -0.2) is 49.9 Å². The molecule has 0 spiro atoms. The van der Waals surface area contributed by atoms with E-state index in [1.165, 1.54) is 24.6 Å². The maximum Gasteiger partial charge on any atom is 0.321 e. The van der Waals surface area contributed by atoms with Gasteiger partial charge >= 0.3 is 6.03 Å². The molecule has 2 heterocycles. The van der Waals surface area contributed by atoms with E-state index in [0.29, 0.717) is 18.2 Å². The van der Waals surface area contributed by atoms with Gasteiger partial charge in [0.05, 0.1) is 11.8 Å². The average Bonchev–Trinajstić information content (AvgIpc) is 3.49. The van der Waals surface area contributed by atoms with Gasteiger partial charge in [-0.2, -0.15) is 0 Å². The van der Waals surface area contributed by atoms with Crippen molar-refractivity contribution in [2.75, 3.05) is 13.1 Å². The van der Waals surface area contributed by atoms with E-state index in [1.54, 1.807) is 6.92 Å². The number of amides is 3. The number of nitrogens with zero attached hydrogens (tertiary/aromatic N) is 4. The highest BCUT2D eigenvalue weighted by Crippen LogP contribution is 2.27. The molecule has 1 unspecified atom stereocenters. The second kappa shape index (κ2) is 11.1. The smallest absolute Gasteiger partial charge is 0.321 e. The molecule has 0 radical (unpaired) electrons. The van der Waals surface area contributed by atoms with Gasteiger partial charge in [0.2, 0.25) is 5.91 Å². The van der Waals surface area contributed by atoms with E-state index in [4.69, 9.17) is 0 Å². The number of rotatable bonds is 8. The lowest BCUT2D eigenvalue weighted by Crippen LogP contribution is -2.42. The number of nitrogens with one attached hydrogen (secondary N) is 2. The molecule has 3 amide bonds. The maximum atomic E-state index is 12.6. The molecule has 0 aliphatic carbocycles. The van der Waals surface area contributed by atoms with Gasteiger partial charge in [0.1, 0.15) is 0 Å². The number of carbonyl (C=O) groups is 2. The number of likely N-dealkylation sites (tertiary alicyclic amines) is 1. The van der Waals surface area contributed by atoms with Crippen molar-refractivity contribution >= 4 is 23.7 Å². The molecule has 172 valence electrons. The fourth-order valence-corrected chi connectivity index (χ4v) is 4.59. The normalized spacial score (nSPS) is 14.7. The van der Waals surface area contributed by atoms with Crippen LogP contribution in [0.15, 0.2) is 65.8 Å². The Morgan fingerprint density at radius 3 is 2.36 bits per heavy atom. The average molecular weight is 465 g/mol. The zero-order chi connectivity index (χ0) is 23.0. The van der Waals surface area contributed by atoms with Crippen LogP contribution in [0.5, 0.6) is 0 Å². The van der Waals surface area contributed by atoms with Crippen molar-refractivity contribution in [3.05, 3.63) is 72.1 Å². The van der Waals surface area contributed by atoms with Crippen LogP contribution in [0.1, 0.15) is 31.2 Å². The highest BCUT2D eigenvalue weighted by Gasteiger charge is 2.24. The quantitative estimate of drug-likeness (QED) is 0.497. The van der Waals surface area contributed by atoms with Crippen molar-refractivity contribution in [2.24, 2.45) is 0 Å². The summed E-state index contributed by atoms with van der Waals surface area (Å²) in [7, 11) is 0. The van der Waals surface area contributed by atoms with Gasteiger partial charge in [-0.05, 0) is 50.6 Å². The summed E-state index contributed by atoms with van der Waals surface area (Å²) in [6.07, 6.45) is 2.40. The molecule has 1 atom stereocenters. The minimum absolute atomic E-state index is 0.351. The Morgan fingerprint density at radius 2 is 1.67 bits per heavy atom. The monoisotopic (exact) mass is 464 g/mol. The summed E-state index contributed by atoms with van der Waals surface area (Å²) in [6.45, 7) is 4.94. The molecule has 2 aromatic carbocycles. The van der Waals surface area contributed by atoms with E-state index < -0.39 is 11.3 Å². The molecular formula is C24H28N6O2S. The van der Waals surface area contributed by atoms with E-state index in [-0.39, 0.29) is 5.91 Å². The van der Waals surface area contributed by atoms with Crippen molar-refractivity contribution in [3.8, 4) is 5.69 Å². The van der Waals surface area contributed by atoms with E-state index in [2.05, 4.69) is 25.7 Å². The Hall–Kier alpha value is -3.17. The molecule has 4 rings (SSSR count). The van der Waals surface area contributed by atoms with Gasteiger partial charge in [-0.1, -0.05) is 60.3 Å². The van der Waals surface area contributed by atoms with Crippen molar-refractivity contribution in [1.82, 2.24) is 30.3 Å². The second-order valence-electron chi connectivity index (χ2n) is 7.97. The fourth-order valence-electron chi connectivity index (χ4n) is 3.70. The lowest BCUT2D eigenvalue weighted by Gasteiger charge is -2.17. The zero-order valence-corrected chi connectivity index (χ0v) is 19.4. The third-order valence-electron chi connectivity index (χ3n) is 5.46. The first-order valence-corrected chi connectivity index (χ1v) is 12.0. The fraction of sp³-hybridized carbons (Fsp3) is 0.333. The summed E-state index contributed by atoms with van der Waals surface area (Å²) in [6, 6.07) is 18.9. The number of thioether (sulfide) groups is 1. The largest absolute Gasteiger partial charge is 0.334 e. The number of para-hydroxylation sites is 1. The van der Waals surface area contributed by atoms with Crippen molar-refractivity contribution < 1.29 is 9.59 Å². The number of aromatic nitrogens is 3. The van der Waals surface area contributed by atoms with Crippen LogP contribution >= 0.6 is 11.8 Å². The summed E-state index contributed by atoms with van der Waals surface area (Å²) in [5, 5.41) is 14.0. The summed E-state index contributed by atoms with van der Waals surface area (Å²) in [5.41, 5.74) is 1.91. The molecule has 1 aromatic heterocycles. The highest BCUT2D eigenvalue weighted by atomic mass is 32.2. The molecular weight excluding hydrogens is 436 g/mol. The minimum Gasteiger partial charge on any atom is -0.334 e. The first kappa shape index (κ1) is 23.0. The Kier molecular flexibility index (Phi) is 7.74. The maximum absolute atomic E-state index is 12.6. The summed E-state index contributed by atoms with van der Waals surface area (Å²) in [5.74, 6) is 0.466. The molecule has 33 heavy (non-hydrogen) atoms. The molecule has 1 aliphatic rings. The number of carbonyl (C=O) groups excluding carboxylic acids is 2. The van der Waals surface area contributed by atoms with E-state index in [1.807, 2.05) is 65.2 Å². The Labute approximate surface area is 197 Å². The number of hydrogen-bond acceptors (Lipinski definition) is 6. The van der Waals surface area contributed by atoms with Crippen LogP contribution in [0.25, 0.3) is 5.69 Å². The lowest BCUT2D eigenvalue weighted by atomic mass is 10.2. The van der Waals surface area contributed by atoms with Crippen LogP contribution in [0.2, 0.25) is 0 Å². The molecule has 0 bridgehead atoms. The molecule has 1 saturated heterocycles. The van der Waals surface area contributed by atoms with Crippen LogP contribution in [-0.2, 0) is 17.9 Å². The number of benzene rings is 2. The first-order valence-electron chi connectivity index (χ1n) is 11.1. The molecule has 1 aliphatic heterocycles. The van der Waals surface area contributed by atoms with Gasteiger partial charge in [0.15, 0.2) is 11.0 Å². The van der Waals surface area contributed by atoms with E-state index in [9.17, 15) is 9.59 Å². The molecule has 2 N–H and O–H groups in total. The third-order valence-corrected chi connectivity index (χ3v) is 6.51. The SMILES string of the molecule is CC(Sc1nnc(CN2CCCC2)n1-c1ccccc1)C(=O)NC(=O)NCc1ccccc1. The Balaban J connectivity index is 1.41. The molecule has 8 nitrogen and oxygen atoms in total. The summed E-state index contributed by atoms with van der Waals surface area (Å²) >= 11 is 1.29. The van der Waals surface area contributed by atoms with Crippen LogP contribution < -0.4 is 10.6 Å². The van der Waals surface area contributed by atoms with Gasteiger partial charge in [-0.25, -0.2) is 4.79 Å².